The molecule has 1 unspecified atom stereocenters. The third kappa shape index (κ3) is 7.75. The quantitative estimate of drug-likeness (QED) is 0.280. The number of halogens is 2. The average Bonchev–Trinajstić information content (AvgIpc) is 2.82. The van der Waals surface area contributed by atoms with E-state index in [0.717, 1.165) is 43.6 Å². The zero-order chi connectivity index (χ0) is 24.3. The Morgan fingerprint density at radius 3 is 2.24 bits per heavy atom. The third-order valence-corrected chi connectivity index (χ3v) is 6.00. The maximum absolute atomic E-state index is 12.6. The first-order valence-electron chi connectivity index (χ1n) is 11.1. The second-order valence-corrected chi connectivity index (χ2v) is 8.75. The summed E-state index contributed by atoms with van der Waals surface area (Å²) < 4.78 is 0. The van der Waals surface area contributed by atoms with E-state index in [1.165, 1.54) is 17.7 Å². The van der Waals surface area contributed by atoms with E-state index in [9.17, 15) is 14.7 Å². The summed E-state index contributed by atoms with van der Waals surface area (Å²) in [6.45, 7) is 0.887. The van der Waals surface area contributed by atoms with Crippen molar-refractivity contribution in [3.05, 3.63) is 93.6 Å². The standard InChI is InChI=1S/C26H27Cl2N3O3/c27-20-8-6-9-21(28)24(20)25(32)31-22(26(33)34)17-19-13-11-18(12-14-19)7-2-1-4-15-29-23-10-3-5-16-30-23/h3,5-6,8-14,16,22H,1-2,4,7,15,17H2,(H,29,30)(H,31,32)(H,33,34). The van der Waals surface area contributed by atoms with Gasteiger partial charge in [-0.2, -0.15) is 0 Å². The van der Waals surface area contributed by atoms with Crippen LogP contribution in [-0.2, 0) is 17.6 Å². The molecule has 8 heteroatoms. The highest BCUT2D eigenvalue weighted by Crippen LogP contribution is 2.24. The van der Waals surface area contributed by atoms with Crippen LogP contribution >= 0.6 is 23.2 Å². The van der Waals surface area contributed by atoms with Crippen LogP contribution in [-0.4, -0.2) is 34.6 Å². The molecule has 34 heavy (non-hydrogen) atoms. The number of carboxylic acids is 1. The van der Waals surface area contributed by atoms with Gasteiger partial charge >= 0.3 is 5.97 Å². The predicted molar refractivity (Wildman–Crippen MR) is 136 cm³/mol. The number of aryl methyl sites for hydroxylation is 1. The monoisotopic (exact) mass is 499 g/mol. The summed E-state index contributed by atoms with van der Waals surface area (Å²) in [5, 5.41) is 15.8. The second-order valence-electron chi connectivity index (χ2n) is 7.93. The van der Waals surface area contributed by atoms with E-state index >= 15 is 0 Å². The fourth-order valence-electron chi connectivity index (χ4n) is 3.54. The number of carbonyl (C=O) groups is 2. The lowest BCUT2D eigenvalue weighted by atomic mass is 10.0. The Hall–Kier alpha value is -3.09. The van der Waals surface area contributed by atoms with Crippen LogP contribution in [0.1, 0.15) is 40.7 Å². The van der Waals surface area contributed by atoms with E-state index in [1.54, 1.807) is 12.3 Å². The molecule has 0 spiro atoms. The molecule has 178 valence electrons. The fraction of sp³-hybridized carbons (Fsp3) is 0.269. The number of hydrogen-bond donors (Lipinski definition) is 3. The molecule has 0 aliphatic carbocycles. The molecule has 0 fully saturated rings. The van der Waals surface area contributed by atoms with Gasteiger partial charge in [0.1, 0.15) is 11.9 Å². The highest BCUT2D eigenvalue weighted by molar-refractivity contribution is 6.39. The predicted octanol–water partition coefficient (Wildman–Crippen LogP) is 5.64. The van der Waals surface area contributed by atoms with E-state index in [4.69, 9.17) is 23.2 Å². The topological polar surface area (TPSA) is 91.3 Å². The van der Waals surface area contributed by atoms with Gasteiger partial charge in [0.2, 0.25) is 0 Å². The van der Waals surface area contributed by atoms with Crippen molar-refractivity contribution >= 4 is 40.9 Å². The van der Waals surface area contributed by atoms with Gasteiger partial charge in [-0.05, 0) is 54.7 Å². The number of nitrogens with one attached hydrogen (secondary N) is 2. The van der Waals surface area contributed by atoms with Crippen LogP contribution in [0.25, 0.3) is 0 Å². The van der Waals surface area contributed by atoms with Crippen molar-refractivity contribution in [2.24, 2.45) is 0 Å². The van der Waals surface area contributed by atoms with Gasteiger partial charge in [-0.25, -0.2) is 9.78 Å². The number of carboxylic acid groups (broad SMARTS) is 1. The summed E-state index contributed by atoms with van der Waals surface area (Å²) in [6.07, 6.45) is 6.10. The van der Waals surface area contributed by atoms with E-state index in [2.05, 4.69) is 15.6 Å². The van der Waals surface area contributed by atoms with Gasteiger partial charge in [0.05, 0.1) is 15.6 Å². The zero-order valence-electron chi connectivity index (χ0n) is 18.6. The number of amides is 1. The molecular weight excluding hydrogens is 473 g/mol. The molecule has 3 aromatic rings. The van der Waals surface area contributed by atoms with Crippen LogP contribution < -0.4 is 10.6 Å². The number of benzene rings is 2. The largest absolute Gasteiger partial charge is 0.480 e. The van der Waals surface area contributed by atoms with Gasteiger partial charge in [-0.3, -0.25) is 4.79 Å². The average molecular weight is 500 g/mol. The van der Waals surface area contributed by atoms with Crippen LogP contribution in [0, 0.1) is 0 Å². The van der Waals surface area contributed by atoms with Crippen molar-refractivity contribution in [1.82, 2.24) is 10.3 Å². The van der Waals surface area contributed by atoms with Crippen LogP contribution in [0.3, 0.4) is 0 Å². The lowest BCUT2D eigenvalue weighted by Gasteiger charge is -2.16. The van der Waals surface area contributed by atoms with E-state index in [-0.39, 0.29) is 22.0 Å². The number of unbranched alkanes of at least 4 members (excludes halogenated alkanes) is 2. The fourth-order valence-corrected chi connectivity index (χ4v) is 4.11. The Morgan fingerprint density at radius 1 is 0.882 bits per heavy atom. The number of pyridine rings is 1. The number of rotatable bonds is 12. The maximum Gasteiger partial charge on any atom is 0.326 e. The summed E-state index contributed by atoms with van der Waals surface area (Å²) in [5.41, 5.74) is 2.09. The molecule has 0 saturated heterocycles. The van der Waals surface area contributed by atoms with Crippen LogP contribution in [0.4, 0.5) is 5.82 Å². The number of anilines is 1. The Morgan fingerprint density at radius 2 is 1.59 bits per heavy atom. The van der Waals surface area contributed by atoms with Crippen molar-refractivity contribution in [2.45, 2.75) is 38.1 Å². The highest BCUT2D eigenvalue weighted by Gasteiger charge is 2.23. The summed E-state index contributed by atoms with van der Waals surface area (Å²) in [5.74, 6) is -0.846. The Kier molecular flexibility index (Phi) is 9.74. The molecule has 0 aliphatic heterocycles. The number of carbonyl (C=O) groups excluding carboxylic acids is 1. The van der Waals surface area contributed by atoms with E-state index < -0.39 is 17.9 Å². The van der Waals surface area contributed by atoms with Crippen molar-refractivity contribution in [3.8, 4) is 0 Å². The van der Waals surface area contributed by atoms with Gasteiger partial charge in [0.15, 0.2) is 0 Å². The molecule has 3 N–H and O–H groups in total. The van der Waals surface area contributed by atoms with Crippen molar-refractivity contribution < 1.29 is 14.7 Å². The minimum Gasteiger partial charge on any atom is -0.480 e. The lowest BCUT2D eigenvalue weighted by molar-refractivity contribution is -0.139. The zero-order valence-corrected chi connectivity index (χ0v) is 20.1. The van der Waals surface area contributed by atoms with Crippen LogP contribution in [0.2, 0.25) is 10.0 Å². The van der Waals surface area contributed by atoms with Gasteiger partial charge in [-0.15, -0.1) is 0 Å². The van der Waals surface area contributed by atoms with Gasteiger partial charge in [0, 0.05) is 19.2 Å². The van der Waals surface area contributed by atoms with Gasteiger partial charge < -0.3 is 15.7 Å². The lowest BCUT2D eigenvalue weighted by Crippen LogP contribution is -2.42. The molecule has 1 aromatic heterocycles. The summed E-state index contributed by atoms with van der Waals surface area (Å²) >= 11 is 12.1. The minimum atomic E-state index is -1.13. The number of aromatic nitrogens is 1. The molecule has 1 amide bonds. The second kappa shape index (κ2) is 13.0. The highest BCUT2D eigenvalue weighted by atomic mass is 35.5. The Bertz CT molecular complexity index is 1070. The molecule has 1 heterocycles. The molecule has 0 aliphatic rings. The van der Waals surface area contributed by atoms with Crippen LogP contribution in [0.5, 0.6) is 0 Å². The smallest absolute Gasteiger partial charge is 0.326 e. The molecular formula is C26H27Cl2N3O3. The van der Waals surface area contributed by atoms with Crippen molar-refractivity contribution in [1.29, 1.82) is 0 Å². The van der Waals surface area contributed by atoms with Crippen molar-refractivity contribution in [3.63, 3.8) is 0 Å². The molecule has 6 nitrogen and oxygen atoms in total. The maximum atomic E-state index is 12.6. The Labute approximate surface area is 209 Å². The van der Waals surface area contributed by atoms with Gasteiger partial charge in [-0.1, -0.05) is 66.0 Å². The first-order valence-corrected chi connectivity index (χ1v) is 11.9. The first kappa shape index (κ1) is 25.5. The number of nitrogens with zero attached hydrogens (tertiary/aromatic N) is 1. The normalized spacial score (nSPS) is 11.6. The Balaban J connectivity index is 1.45. The van der Waals surface area contributed by atoms with Gasteiger partial charge in [0.25, 0.3) is 5.91 Å². The SMILES string of the molecule is O=C(NC(Cc1ccc(CCCCCNc2ccccn2)cc1)C(=O)O)c1c(Cl)cccc1Cl. The van der Waals surface area contributed by atoms with E-state index in [0.29, 0.717) is 0 Å². The minimum absolute atomic E-state index is 0.0719. The first-order chi connectivity index (χ1) is 16.4. The molecule has 0 bridgehead atoms. The summed E-state index contributed by atoms with van der Waals surface area (Å²) in [4.78, 5) is 28.5. The molecule has 3 rings (SSSR count). The number of aliphatic carboxylic acids is 1. The molecule has 2 aromatic carbocycles. The number of hydrogen-bond acceptors (Lipinski definition) is 4. The van der Waals surface area contributed by atoms with Crippen molar-refractivity contribution in [2.75, 3.05) is 11.9 Å². The summed E-state index contributed by atoms with van der Waals surface area (Å²) in [6, 6.07) is 17.2. The third-order valence-electron chi connectivity index (χ3n) is 5.37. The molecule has 0 saturated carbocycles. The van der Waals surface area contributed by atoms with Crippen LogP contribution in [0.15, 0.2) is 66.9 Å². The summed E-state index contributed by atoms with van der Waals surface area (Å²) in [7, 11) is 0. The molecule has 0 radical (unpaired) electrons. The van der Waals surface area contributed by atoms with E-state index in [1.807, 2.05) is 42.5 Å². The molecule has 1 atom stereocenters.